The van der Waals surface area contributed by atoms with E-state index in [1.807, 2.05) is 24.3 Å². The van der Waals surface area contributed by atoms with E-state index in [9.17, 15) is 4.39 Å². The number of nitrogens with zero attached hydrogens (tertiary/aromatic N) is 1. The maximum absolute atomic E-state index is 13.9. The molecule has 0 amide bonds. The predicted molar refractivity (Wildman–Crippen MR) is 131 cm³/mol. The molecule has 3 aromatic carbocycles. The van der Waals surface area contributed by atoms with Gasteiger partial charge in [0.05, 0.1) is 31.0 Å². The number of anilines is 2. The van der Waals surface area contributed by atoms with Crippen LogP contribution in [-0.4, -0.2) is 33.4 Å². The summed E-state index contributed by atoms with van der Waals surface area (Å²) >= 11 is 13.0. The third kappa shape index (κ3) is 5.82. The second-order valence-corrected chi connectivity index (χ2v) is 8.41. The number of hydrogen-bond donors (Lipinski definition) is 1. The lowest BCUT2D eigenvalue weighted by molar-refractivity contribution is 0.122. The summed E-state index contributed by atoms with van der Waals surface area (Å²) in [6.45, 7) is 3.61. The Morgan fingerprint density at radius 3 is 2.48 bits per heavy atom. The summed E-state index contributed by atoms with van der Waals surface area (Å²) < 4.78 is 30.5. The van der Waals surface area contributed by atoms with Gasteiger partial charge in [-0.2, -0.15) is 0 Å². The van der Waals surface area contributed by atoms with E-state index in [0.717, 1.165) is 30.0 Å². The normalized spacial score (nSPS) is 13.6. The molecule has 0 atom stereocenters. The molecular formula is C25H25Cl2FN2O3. The Morgan fingerprint density at radius 1 is 0.970 bits per heavy atom. The molecule has 0 saturated carbocycles. The summed E-state index contributed by atoms with van der Waals surface area (Å²) in [6.07, 6.45) is 0. The van der Waals surface area contributed by atoms with Crippen molar-refractivity contribution in [3.63, 3.8) is 0 Å². The van der Waals surface area contributed by atoms with Crippen molar-refractivity contribution >= 4 is 34.6 Å². The number of ether oxygens (including phenoxy) is 3. The second-order valence-electron chi connectivity index (χ2n) is 7.59. The number of rotatable bonds is 8. The van der Waals surface area contributed by atoms with E-state index in [1.54, 1.807) is 31.4 Å². The predicted octanol–water partition coefficient (Wildman–Crippen LogP) is 6.17. The topological polar surface area (TPSA) is 43.0 Å². The van der Waals surface area contributed by atoms with E-state index in [0.29, 0.717) is 46.9 Å². The van der Waals surface area contributed by atoms with Crippen molar-refractivity contribution in [1.29, 1.82) is 0 Å². The first kappa shape index (κ1) is 23.5. The van der Waals surface area contributed by atoms with Crippen LogP contribution in [0.15, 0.2) is 54.6 Å². The van der Waals surface area contributed by atoms with Gasteiger partial charge in [-0.25, -0.2) is 4.39 Å². The molecule has 0 aliphatic carbocycles. The fourth-order valence-corrected chi connectivity index (χ4v) is 4.15. The van der Waals surface area contributed by atoms with Gasteiger partial charge in [0.25, 0.3) is 0 Å². The fourth-order valence-electron chi connectivity index (χ4n) is 3.63. The molecule has 1 heterocycles. The van der Waals surface area contributed by atoms with Crippen molar-refractivity contribution < 1.29 is 18.6 Å². The SMILES string of the molecule is COc1cc(CNc2ccc(N3CCOCC3)c(Cl)c2)c(Cl)cc1OCc1ccccc1F. The molecule has 33 heavy (non-hydrogen) atoms. The van der Waals surface area contributed by atoms with Crippen molar-refractivity contribution in [3.05, 3.63) is 81.6 Å². The Balaban J connectivity index is 1.43. The molecule has 0 aromatic heterocycles. The monoisotopic (exact) mass is 490 g/mol. The number of benzene rings is 3. The highest BCUT2D eigenvalue weighted by Gasteiger charge is 2.15. The molecule has 4 rings (SSSR count). The van der Waals surface area contributed by atoms with Crippen molar-refractivity contribution in [2.24, 2.45) is 0 Å². The van der Waals surface area contributed by atoms with Gasteiger partial charge in [0.1, 0.15) is 12.4 Å². The Hall–Kier alpha value is -2.67. The van der Waals surface area contributed by atoms with Crippen molar-refractivity contribution in [2.75, 3.05) is 43.6 Å². The summed E-state index contributed by atoms with van der Waals surface area (Å²) in [5.74, 6) is 0.655. The van der Waals surface area contributed by atoms with E-state index >= 15 is 0 Å². The van der Waals surface area contributed by atoms with Gasteiger partial charge in [0, 0.05) is 42.0 Å². The van der Waals surface area contributed by atoms with Crippen LogP contribution in [0, 0.1) is 5.82 Å². The molecule has 8 heteroatoms. The largest absolute Gasteiger partial charge is 0.493 e. The van der Waals surface area contributed by atoms with Crippen LogP contribution in [0.5, 0.6) is 11.5 Å². The average molecular weight is 491 g/mol. The molecule has 174 valence electrons. The first-order chi connectivity index (χ1) is 16.0. The molecule has 1 fully saturated rings. The lowest BCUT2D eigenvalue weighted by atomic mass is 10.1. The smallest absolute Gasteiger partial charge is 0.163 e. The highest BCUT2D eigenvalue weighted by Crippen LogP contribution is 2.35. The van der Waals surface area contributed by atoms with Gasteiger partial charge in [-0.1, -0.05) is 41.4 Å². The summed E-state index contributed by atoms with van der Waals surface area (Å²) in [6, 6.07) is 15.9. The van der Waals surface area contributed by atoms with Crippen LogP contribution < -0.4 is 19.7 Å². The number of nitrogens with one attached hydrogen (secondary N) is 1. The molecule has 1 saturated heterocycles. The molecular weight excluding hydrogens is 466 g/mol. The number of hydrogen-bond acceptors (Lipinski definition) is 5. The lowest BCUT2D eigenvalue weighted by Crippen LogP contribution is -2.36. The number of halogens is 3. The van der Waals surface area contributed by atoms with Gasteiger partial charge in [-0.15, -0.1) is 0 Å². The Bertz CT molecular complexity index is 1110. The summed E-state index contributed by atoms with van der Waals surface area (Å²) in [4.78, 5) is 2.22. The van der Waals surface area contributed by atoms with Gasteiger partial charge in [-0.3, -0.25) is 0 Å². The zero-order chi connectivity index (χ0) is 23.2. The maximum atomic E-state index is 13.9. The molecule has 3 aromatic rings. The van der Waals surface area contributed by atoms with E-state index < -0.39 is 0 Å². The van der Waals surface area contributed by atoms with Crippen LogP contribution in [0.4, 0.5) is 15.8 Å². The Labute approximate surface area is 203 Å². The first-order valence-corrected chi connectivity index (χ1v) is 11.4. The standard InChI is InChI=1S/C25H25Cl2FN2O3/c1-31-24-12-18(20(26)14-25(24)33-16-17-4-2-3-5-22(17)28)15-29-19-6-7-23(21(27)13-19)30-8-10-32-11-9-30/h2-7,12-14,29H,8-11,15-16H2,1H3. The molecule has 0 unspecified atom stereocenters. The highest BCUT2D eigenvalue weighted by atomic mass is 35.5. The van der Waals surface area contributed by atoms with Gasteiger partial charge >= 0.3 is 0 Å². The van der Waals surface area contributed by atoms with Crippen molar-refractivity contribution in [2.45, 2.75) is 13.2 Å². The van der Waals surface area contributed by atoms with Gasteiger partial charge in [-0.05, 0) is 35.9 Å². The molecule has 1 aliphatic rings. The quantitative estimate of drug-likeness (QED) is 0.408. The van der Waals surface area contributed by atoms with E-state index in [2.05, 4.69) is 10.2 Å². The Morgan fingerprint density at radius 2 is 1.76 bits per heavy atom. The van der Waals surface area contributed by atoms with Crippen LogP contribution in [0.1, 0.15) is 11.1 Å². The summed E-state index contributed by atoms with van der Waals surface area (Å²) in [5.41, 5.74) is 3.17. The first-order valence-electron chi connectivity index (χ1n) is 10.6. The molecule has 5 nitrogen and oxygen atoms in total. The molecule has 1 aliphatic heterocycles. The minimum Gasteiger partial charge on any atom is -0.493 e. The van der Waals surface area contributed by atoms with E-state index in [1.165, 1.54) is 6.07 Å². The Kier molecular flexibility index (Phi) is 7.81. The lowest BCUT2D eigenvalue weighted by Gasteiger charge is -2.29. The second kappa shape index (κ2) is 11.0. The van der Waals surface area contributed by atoms with Crippen LogP contribution in [0.25, 0.3) is 0 Å². The average Bonchev–Trinajstić information content (AvgIpc) is 2.83. The zero-order valence-electron chi connectivity index (χ0n) is 18.2. The number of morpholine rings is 1. The van der Waals surface area contributed by atoms with Gasteiger partial charge in [0.15, 0.2) is 11.5 Å². The van der Waals surface area contributed by atoms with Crippen LogP contribution in [0.2, 0.25) is 10.0 Å². The third-order valence-electron chi connectivity index (χ3n) is 5.46. The summed E-state index contributed by atoms with van der Waals surface area (Å²) in [5, 5.41) is 4.55. The van der Waals surface area contributed by atoms with E-state index in [4.69, 9.17) is 37.4 Å². The van der Waals surface area contributed by atoms with Crippen LogP contribution in [-0.2, 0) is 17.9 Å². The fraction of sp³-hybridized carbons (Fsp3) is 0.280. The summed E-state index contributed by atoms with van der Waals surface area (Å²) in [7, 11) is 1.56. The van der Waals surface area contributed by atoms with Gasteiger partial charge in [0.2, 0.25) is 0 Å². The minimum atomic E-state index is -0.318. The van der Waals surface area contributed by atoms with E-state index in [-0.39, 0.29) is 12.4 Å². The minimum absolute atomic E-state index is 0.0744. The molecule has 1 N–H and O–H groups in total. The van der Waals surface area contributed by atoms with Crippen LogP contribution >= 0.6 is 23.2 Å². The molecule has 0 spiro atoms. The van der Waals surface area contributed by atoms with Gasteiger partial charge < -0.3 is 24.4 Å². The van der Waals surface area contributed by atoms with Crippen LogP contribution in [0.3, 0.4) is 0 Å². The van der Waals surface area contributed by atoms with Crippen molar-refractivity contribution in [1.82, 2.24) is 0 Å². The molecule has 0 radical (unpaired) electrons. The van der Waals surface area contributed by atoms with Crippen molar-refractivity contribution in [3.8, 4) is 11.5 Å². The zero-order valence-corrected chi connectivity index (χ0v) is 19.8. The highest BCUT2D eigenvalue weighted by molar-refractivity contribution is 6.33. The molecule has 0 bridgehead atoms. The number of methoxy groups -OCH3 is 1. The maximum Gasteiger partial charge on any atom is 0.163 e. The third-order valence-corrected chi connectivity index (χ3v) is 6.11.